The summed E-state index contributed by atoms with van der Waals surface area (Å²) in [5, 5.41) is 4.87. The van der Waals surface area contributed by atoms with Gasteiger partial charge >= 0.3 is 0 Å². The fraction of sp³-hybridized carbons (Fsp3) is 0.917. The lowest BCUT2D eigenvalue weighted by molar-refractivity contribution is 0.407. The van der Waals surface area contributed by atoms with E-state index in [4.69, 9.17) is 4.99 Å². The van der Waals surface area contributed by atoms with Gasteiger partial charge in [0.1, 0.15) is 0 Å². The standard InChI is InChI=1S/C12H22N2S2/c1-3-12(4-2)9-16-11(14-12)13-10-5-7-15-8-6-10/h10H,3-9H2,1-2H3,(H,13,14). The summed E-state index contributed by atoms with van der Waals surface area (Å²) in [6.07, 6.45) is 4.94. The minimum Gasteiger partial charge on any atom is -0.359 e. The van der Waals surface area contributed by atoms with Gasteiger partial charge in [-0.2, -0.15) is 11.8 Å². The lowest BCUT2D eigenvalue weighted by Crippen LogP contribution is -2.42. The van der Waals surface area contributed by atoms with Crippen LogP contribution in [-0.2, 0) is 0 Å². The van der Waals surface area contributed by atoms with E-state index in [1.54, 1.807) is 0 Å². The Kier molecular flexibility index (Phi) is 4.48. The molecule has 0 aromatic heterocycles. The minimum absolute atomic E-state index is 0.326. The Morgan fingerprint density at radius 2 is 2.00 bits per heavy atom. The predicted molar refractivity (Wildman–Crippen MR) is 76.7 cm³/mol. The second-order valence-electron chi connectivity index (χ2n) is 4.68. The highest BCUT2D eigenvalue weighted by Crippen LogP contribution is 2.30. The average molecular weight is 258 g/mol. The normalized spacial score (nSPS) is 28.2. The molecule has 2 nitrogen and oxygen atoms in total. The maximum atomic E-state index is 4.88. The van der Waals surface area contributed by atoms with Crippen molar-refractivity contribution in [2.24, 2.45) is 4.99 Å². The molecule has 0 amide bonds. The van der Waals surface area contributed by atoms with Crippen molar-refractivity contribution in [3.05, 3.63) is 0 Å². The van der Waals surface area contributed by atoms with Gasteiger partial charge in [0.2, 0.25) is 0 Å². The topological polar surface area (TPSA) is 24.4 Å². The molecule has 16 heavy (non-hydrogen) atoms. The van der Waals surface area contributed by atoms with E-state index in [9.17, 15) is 0 Å². The Morgan fingerprint density at radius 1 is 1.31 bits per heavy atom. The smallest absolute Gasteiger partial charge is 0.157 e. The van der Waals surface area contributed by atoms with Gasteiger partial charge in [0.05, 0.1) is 6.04 Å². The second-order valence-corrected chi connectivity index (χ2v) is 6.87. The number of amidine groups is 1. The number of nitrogens with zero attached hydrogens (tertiary/aromatic N) is 1. The first-order chi connectivity index (χ1) is 7.78. The number of nitrogens with one attached hydrogen (secondary N) is 1. The molecule has 0 aliphatic carbocycles. The molecule has 0 saturated carbocycles. The molecular weight excluding hydrogens is 236 g/mol. The maximum absolute atomic E-state index is 4.88. The third-order valence-corrected chi connectivity index (χ3v) is 5.93. The van der Waals surface area contributed by atoms with Gasteiger partial charge in [-0.15, -0.1) is 0 Å². The molecule has 92 valence electrons. The Hall–Kier alpha value is 0.170. The molecule has 4 heteroatoms. The van der Waals surface area contributed by atoms with Gasteiger partial charge < -0.3 is 5.32 Å². The molecule has 1 N–H and O–H groups in total. The molecule has 0 aromatic rings. The molecule has 2 heterocycles. The molecule has 2 saturated heterocycles. The fourth-order valence-electron chi connectivity index (χ4n) is 2.19. The highest BCUT2D eigenvalue weighted by atomic mass is 32.2. The molecule has 0 radical (unpaired) electrons. The van der Waals surface area contributed by atoms with E-state index in [0.29, 0.717) is 11.6 Å². The van der Waals surface area contributed by atoms with Crippen molar-refractivity contribution < 1.29 is 0 Å². The largest absolute Gasteiger partial charge is 0.359 e. The van der Waals surface area contributed by atoms with Gasteiger partial charge in [0.25, 0.3) is 0 Å². The summed E-state index contributed by atoms with van der Waals surface area (Å²) in [6.45, 7) is 4.55. The van der Waals surface area contributed by atoms with Crippen molar-refractivity contribution in [2.45, 2.75) is 51.1 Å². The summed E-state index contributed by atoms with van der Waals surface area (Å²) in [4.78, 5) is 4.88. The summed E-state index contributed by atoms with van der Waals surface area (Å²) in [5.41, 5.74) is 0.326. The van der Waals surface area contributed by atoms with Crippen LogP contribution in [0.3, 0.4) is 0 Å². The summed E-state index contributed by atoms with van der Waals surface area (Å²) in [6, 6.07) is 0.584. The van der Waals surface area contributed by atoms with E-state index >= 15 is 0 Å². The van der Waals surface area contributed by atoms with Gasteiger partial charge in [0, 0.05) is 11.3 Å². The summed E-state index contributed by atoms with van der Waals surface area (Å²) < 4.78 is 0. The zero-order valence-electron chi connectivity index (χ0n) is 10.3. The Bertz CT molecular complexity index is 256. The summed E-state index contributed by atoms with van der Waals surface area (Å²) in [5.74, 6) is 3.78. The number of thioether (sulfide) groups is 2. The Labute approximate surface area is 107 Å². The minimum atomic E-state index is 0.326. The first-order valence-electron chi connectivity index (χ1n) is 6.34. The predicted octanol–water partition coefficient (Wildman–Crippen LogP) is 3.13. The van der Waals surface area contributed by atoms with E-state index in [1.807, 2.05) is 11.8 Å². The molecule has 2 rings (SSSR count). The van der Waals surface area contributed by atoms with Crippen molar-refractivity contribution in [3.63, 3.8) is 0 Å². The van der Waals surface area contributed by atoms with Gasteiger partial charge in [-0.25, -0.2) is 0 Å². The van der Waals surface area contributed by atoms with Crippen molar-refractivity contribution in [1.82, 2.24) is 5.32 Å². The van der Waals surface area contributed by atoms with E-state index in [0.717, 1.165) is 0 Å². The fourth-order valence-corrected chi connectivity index (χ4v) is 4.67. The van der Waals surface area contributed by atoms with Gasteiger partial charge in [0.15, 0.2) is 5.17 Å². The van der Waals surface area contributed by atoms with Gasteiger partial charge in [-0.05, 0) is 37.2 Å². The van der Waals surface area contributed by atoms with Crippen LogP contribution in [0.2, 0.25) is 0 Å². The Balaban J connectivity index is 1.93. The van der Waals surface area contributed by atoms with E-state index in [1.165, 1.54) is 48.1 Å². The number of aliphatic imine (C=N–C) groups is 1. The van der Waals surface area contributed by atoms with Crippen LogP contribution in [0.25, 0.3) is 0 Å². The van der Waals surface area contributed by atoms with E-state index in [2.05, 4.69) is 30.9 Å². The number of hydrogen-bond donors (Lipinski definition) is 1. The first-order valence-corrected chi connectivity index (χ1v) is 8.48. The molecule has 0 aromatic carbocycles. The SMILES string of the molecule is CCC1(CC)CSC(=NC2CCSCC2)N1. The zero-order chi connectivity index (χ0) is 11.4. The quantitative estimate of drug-likeness (QED) is 0.841. The summed E-state index contributed by atoms with van der Waals surface area (Å²) >= 11 is 3.99. The average Bonchev–Trinajstić information content (AvgIpc) is 2.75. The molecule has 0 bridgehead atoms. The van der Waals surface area contributed by atoms with Crippen molar-refractivity contribution in [1.29, 1.82) is 0 Å². The molecular formula is C12H22N2S2. The van der Waals surface area contributed by atoms with Crippen LogP contribution in [0.1, 0.15) is 39.5 Å². The first kappa shape index (κ1) is 12.6. The number of rotatable bonds is 3. The van der Waals surface area contributed by atoms with E-state index < -0.39 is 0 Å². The molecule has 2 fully saturated rings. The highest BCUT2D eigenvalue weighted by molar-refractivity contribution is 8.14. The molecule has 0 spiro atoms. The van der Waals surface area contributed by atoms with Gasteiger partial charge in [-0.1, -0.05) is 25.6 Å². The molecule has 2 aliphatic rings. The lowest BCUT2D eigenvalue weighted by atomic mass is 9.96. The highest BCUT2D eigenvalue weighted by Gasteiger charge is 2.34. The zero-order valence-corrected chi connectivity index (χ0v) is 11.9. The summed E-state index contributed by atoms with van der Waals surface area (Å²) in [7, 11) is 0. The third kappa shape index (κ3) is 2.89. The van der Waals surface area contributed by atoms with Crippen LogP contribution in [-0.4, -0.2) is 34.0 Å². The van der Waals surface area contributed by atoms with Crippen molar-refractivity contribution in [2.75, 3.05) is 17.3 Å². The number of hydrogen-bond acceptors (Lipinski definition) is 3. The van der Waals surface area contributed by atoms with Crippen LogP contribution < -0.4 is 5.32 Å². The van der Waals surface area contributed by atoms with Crippen LogP contribution in [0.4, 0.5) is 0 Å². The van der Waals surface area contributed by atoms with Gasteiger partial charge in [-0.3, -0.25) is 4.99 Å². The third-order valence-electron chi connectivity index (χ3n) is 3.70. The molecule has 0 atom stereocenters. The monoisotopic (exact) mass is 258 g/mol. The molecule has 0 unspecified atom stereocenters. The van der Waals surface area contributed by atoms with Crippen LogP contribution >= 0.6 is 23.5 Å². The van der Waals surface area contributed by atoms with Crippen LogP contribution in [0.15, 0.2) is 4.99 Å². The van der Waals surface area contributed by atoms with Crippen LogP contribution in [0, 0.1) is 0 Å². The lowest BCUT2D eigenvalue weighted by Gasteiger charge is -2.25. The van der Waals surface area contributed by atoms with Crippen LogP contribution in [0.5, 0.6) is 0 Å². The van der Waals surface area contributed by atoms with E-state index in [-0.39, 0.29) is 0 Å². The van der Waals surface area contributed by atoms with Crippen molar-refractivity contribution in [3.8, 4) is 0 Å². The van der Waals surface area contributed by atoms with Crippen molar-refractivity contribution >= 4 is 28.7 Å². The Morgan fingerprint density at radius 3 is 2.56 bits per heavy atom. The maximum Gasteiger partial charge on any atom is 0.157 e. The molecule has 2 aliphatic heterocycles. The second kappa shape index (κ2) is 5.67.